The molecule has 0 amide bonds. The van der Waals surface area contributed by atoms with Crippen molar-refractivity contribution in [2.24, 2.45) is 16.7 Å². The van der Waals surface area contributed by atoms with Crippen molar-refractivity contribution in [2.75, 3.05) is 26.9 Å². The van der Waals surface area contributed by atoms with Crippen LogP contribution in [0.4, 0.5) is 4.79 Å². The number of benzene rings is 1. The number of methoxy groups -OCH3 is 1. The Kier molecular flexibility index (Phi) is 12.3. The average molecular weight is 549 g/mol. The van der Waals surface area contributed by atoms with Crippen LogP contribution in [0.1, 0.15) is 84.6 Å². The molecule has 0 radical (unpaired) electrons. The van der Waals surface area contributed by atoms with Gasteiger partial charge in [-0.3, -0.25) is 14.4 Å². The molecule has 2 rings (SSSR count). The fourth-order valence-electron chi connectivity index (χ4n) is 4.82. The highest BCUT2D eigenvalue weighted by molar-refractivity contribution is 5.79. The maximum absolute atomic E-state index is 13.1. The molecule has 1 fully saturated rings. The number of esters is 3. The molecule has 4 unspecified atom stereocenters. The van der Waals surface area contributed by atoms with Gasteiger partial charge in [-0.25, -0.2) is 4.79 Å². The van der Waals surface area contributed by atoms with Crippen LogP contribution in [0.5, 0.6) is 0 Å². The lowest BCUT2D eigenvalue weighted by molar-refractivity contribution is -0.158. The predicted octanol–water partition coefficient (Wildman–Crippen LogP) is 5.59. The molecule has 0 aliphatic carbocycles. The van der Waals surface area contributed by atoms with E-state index in [9.17, 15) is 19.2 Å². The molecule has 0 N–H and O–H groups in total. The van der Waals surface area contributed by atoms with E-state index in [1.165, 1.54) is 7.11 Å². The number of unbranched alkanes of at least 4 members (excludes halogenated alkanes) is 1. The molecule has 1 aromatic carbocycles. The molecule has 1 saturated heterocycles. The first-order valence-corrected chi connectivity index (χ1v) is 13.7. The van der Waals surface area contributed by atoms with Crippen molar-refractivity contribution >= 4 is 24.1 Å². The summed E-state index contributed by atoms with van der Waals surface area (Å²) in [6, 6.07) is 9.82. The summed E-state index contributed by atoms with van der Waals surface area (Å²) in [5.74, 6) is -1.69. The number of rotatable bonds is 16. The highest BCUT2D eigenvalue weighted by Gasteiger charge is 2.41. The van der Waals surface area contributed by atoms with E-state index in [0.717, 1.165) is 18.4 Å². The van der Waals surface area contributed by atoms with E-state index in [2.05, 4.69) is 0 Å². The fourth-order valence-corrected chi connectivity index (χ4v) is 4.82. The predicted molar refractivity (Wildman–Crippen MR) is 144 cm³/mol. The standard InChI is InChI=1S/C30H44O9/c1-7-8-16-36-25(31)21(2)17-30(5,27(33)35-6)18-23(22-12-10-9-11-13-22)14-15-29(3,4)26(32)37-19-24-20-38-28(34)39-24/h9-13,21,23-24H,7-8,14-20H2,1-6H3. The Morgan fingerprint density at radius 1 is 1.05 bits per heavy atom. The zero-order valence-electron chi connectivity index (χ0n) is 24.2. The summed E-state index contributed by atoms with van der Waals surface area (Å²) in [6.45, 7) is 9.60. The fraction of sp³-hybridized carbons (Fsp3) is 0.667. The van der Waals surface area contributed by atoms with Crippen molar-refractivity contribution in [3.8, 4) is 0 Å². The van der Waals surface area contributed by atoms with Crippen LogP contribution in [-0.4, -0.2) is 57.1 Å². The molecule has 1 aliphatic heterocycles. The molecule has 0 spiro atoms. The van der Waals surface area contributed by atoms with Crippen LogP contribution >= 0.6 is 0 Å². The smallest absolute Gasteiger partial charge is 0.469 e. The van der Waals surface area contributed by atoms with Crippen molar-refractivity contribution in [1.29, 1.82) is 0 Å². The molecule has 39 heavy (non-hydrogen) atoms. The van der Waals surface area contributed by atoms with Crippen molar-refractivity contribution in [2.45, 2.75) is 85.2 Å². The van der Waals surface area contributed by atoms with E-state index < -0.39 is 35.0 Å². The van der Waals surface area contributed by atoms with Gasteiger partial charge in [0.1, 0.15) is 13.2 Å². The maximum Gasteiger partial charge on any atom is 0.508 e. The summed E-state index contributed by atoms with van der Waals surface area (Å²) < 4.78 is 25.7. The topological polar surface area (TPSA) is 114 Å². The number of hydrogen-bond acceptors (Lipinski definition) is 9. The van der Waals surface area contributed by atoms with Crippen molar-refractivity contribution in [3.05, 3.63) is 35.9 Å². The lowest BCUT2D eigenvalue weighted by atomic mass is 9.71. The van der Waals surface area contributed by atoms with Crippen LogP contribution in [-0.2, 0) is 38.1 Å². The Bertz CT molecular complexity index is 958. The largest absolute Gasteiger partial charge is 0.508 e. The SMILES string of the molecule is CCCCOC(=O)C(C)CC(C)(CC(CCC(C)(C)C(=O)OCC1COC(=O)O1)c1ccccc1)C(=O)OC. The van der Waals surface area contributed by atoms with Gasteiger partial charge in [0.15, 0.2) is 6.10 Å². The van der Waals surface area contributed by atoms with Gasteiger partial charge in [0.2, 0.25) is 0 Å². The highest BCUT2D eigenvalue weighted by Crippen LogP contribution is 2.42. The quantitative estimate of drug-likeness (QED) is 0.148. The first-order valence-electron chi connectivity index (χ1n) is 13.7. The summed E-state index contributed by atoms with van der Waals surface area (Å²) >= 11 is 0. The van der Waals surface area contributed by atoms with Crippen LogP contribution in [0, 0.1) is 16.7 Å². The molecule has 0 saturated carbocycles. The van der Waals surface area contributed by atoms with Crippen LogP contribution in [0.3, 0.4) is 0 Å². The van der Waals surface area contributed by atoms with Crippen LogP contribution in [0.25, 0.3) is 0 Å². The third-order valence-corrected chi connectivity index (χ3v) is 7.27. The van der Waals surface area contributed by atoms with Crippen LogP contribution in [0.2, 0.25) is 0 Å². The summed E-state index contributed by atoms with van der Waals surface area (Å²) in [5, 5.41) is 0. The van der Waals surface area contributed by atoms with Gasteiger partial charge in [-0.1, -0.05) is 50.6 Å². The number of hydrogen-bond donors (Lipinski definition) is 0. The van der Waals surface area contributed by atoms with Gasteiger partial charge in [-0.2, -0.15) is 0 Å². The first kappa shape index (κ1) is 32.1. The Balaban J connectivity index is 2.14. The van der Waals surface area contributed by atoms with Gasteiger partial charge in [0, 0.05) is 0 Å². The summed E-state index contributed by atoms with van der Waals surface area (Å²) in [5.41, 5.74) is -0.741. The summed E-state index contributed by atoms with van der Waals surface area (Å²) in [6.07, 6.45) is 2.13. The third-order valence-electron chi connectivity index (χ3n) is 7.27. The molecule has 1 aromatic rings. The zero-order chi connectivity index (χ0) is 29.1. The molecule has 1 heterocycles. The minimum Gasteiger partial charge on any atom is -0.469 e. The number of carbonyl (C=O) groups is 4. The minimum absolute atomic E-state index is 0.0549. The molecule has 4 atom stereocenters. The van der Waals surface area contributed by atoms with E-state index >= 15 is 0 Å². The third kappa shape index (κ3) is 9.86. The van der Waals surface area contributed by atoms with Gasteiger partial charge >= 0.3 is 24.1 Å². The monoisotopic (exact) mass is 548 g/mol. The highest BCUT2D eigenvalue weighted by atomic mass is 16.8. The Labute approximate surface area is 231 Å². The molecule has 0 aromatic heterocycles. The second-order valence-electron chi connectivity index (χ2n) is 11.3. The molecule has 1 aliphatic rings. The van der Waals surface area contributed by atoms with Crippen molar-refractivity contribution < 1.29 is 42.9 Å². The Morgan fingerprint density at radius 3 is 2.33 bits per heavy atom. The lowest BCUT2D eigenvalue weighted by Gasteiger charge is -2.34. The van der Waals surface area contributed by atoms with Crippen molar-refractivity contribution in [3.63, 3.8) is 0 Å². The Morgan fingerprint density at radius 2 is 1.74 bits per heavy atom. The minimum atomic E-state index is -0.949. The maximum atomic E-state index is 13.1. The van der Waals surface area contributed by atoms with Gasteiger partial charge < -0.3 is 23.7 Å². The molecular weight excluding hydrogens is 504 g/mol. The number of ether oxygens (including phenoxy) is 5. The second-order valence-corrected chi connectivity index (χ2v) is 11.3. The Hall–Kier alpha value is -3.10. The van der Waals surface area contributed by atoms with Crippen LogP contribution in [0.15, 0.2) is 30.3 Å². The van der Waals surface area contributed by atoms with E-state index in [4.69, 9.17) is 23.7 Å². The van der Waals surface area contributed by atoms with E-state index in [0.29, 0.717) is 25.9 Å². The van der Waals surface area contributed by atoms with E-state index in [1.807, 2.05) is 58.0 Å². The van der Waals surface area contributed by atoms with Crippen molar-refractivity contribution in [1.82, 2.24) is 0 Å². The molecule has 218 valence electrons. The van der Waals surface area contributed by atoms with E-state index in [1.54, 1.807) is 6.92 Å². The number of cyclic esters (lactones) is 2. The van der Waals surface area contributed by atoms with Gasteiger partial charge in [0.25, 0.3) is 0 Å². The van der Waals surface area contributed by atoms with Gasteiger partial charge in [-0.15, -0.1) is 0 Å². The number of carbonyl (C=O) groups excluding carboxylic acids is 4. The summed E-state index contributed by atoms with van der Waals surface area (Å²) in [7, 11) is 1.36. The molecule has 9 nitrogen and oxygen atoms in total. The van der Waals surface area contributed by atoms with Gasteiger partial charge in [-0.05, 0) is 64.4 Å². The average Bonchev–Trinajstić information content (AvgIpc) is 3.34. The molecular formula is C30H44O9. The summed E-state index contributed by atoms with van der Waals surface area (Å²) in [4.78, 5) is 49.7. The second kappa shape index (κ2) is 14.9. The van der Waals surface area contributed by atoms with Gasteiger partial charge in [0.05, 0.1) is 30.5 Å². The molecule has 9 heteroatoms. The molecule has 0 bridgehead atoms. The normalized spacial score (nSPS) is 18.2. The lowest BCUT2D eigenvalue weighted by Crippen LogP contribution is -2.35. The van der Waals surface area contributed by atoms with Crippen LogP contribution < -0.4 is 0 Å². The first-order chi connectivity index (χ1) is 18.4. The van der Waals surface area contributed by atoms with E-state index in [-0.39, 0.29) is 37.5 Å². The zero-order valence-corrected chi connectivity index (χ0v) is 24.2.